The molecule has 0 aliphatic heterocycles. The predicted molar refractivity (Wildman–Crippen MR) is 59.3 cm³/mol. The van der Waals surface area contributed by atoms with Crippen LogP contribution in [0.15, 0.2) is 0 Å². The van der Waals surface area contributed by atoms with Crippen molar-refractivity contribution in [1.29, 1.82) is 0 Å². The zero-order valence-electron chi connectivity index (χ0n) is 10.4. The van der Waals surface area contributed by atoms with E-state index in [0.717, 1.165) is 4.68 Å². The summed E-state index contributed by atoms with van der Waals surface area (Å²) in [5.74, 6) is -1.53. The van der Waals surface area contributed by atoms with E-state index in [0.29, 0.717) is 19.6 Å². The van der Waals surface area contributed by atoms with Crippen LogP contribution in [0.4, 0.5) is 8.78 Å². The Labute approximate surface area is 108 Å². The van der Waals surface area contributed by atoms with Crippen molar-refractivity contribution in [3.8, 4) is 0 Å². The van der Waals surface area contributed by atoms with Gasteiger partial charge in [0, 0.05) is 20.3 Å². The molecule has 1 aromatic rings. The second-order valence-electron chi connectivity index (χ2n) is 3.61. The summed E-state index contributed by atoms with van der Waals surface area (Å²) in [5, 5.41) is 15.3. The number of aromatic carboxylic acids is 1. The maximum Gasteiger partial charge on any atom is 0.358 e. The third kappa shape index (κ3) is 4.52. The van der Waals surface area contributed by atoms with E-state index in [4.69, 9.17) is 14.6 Å². The smallest absolute Gasteiger partial charge is 0.358 e. The Morgan fingerprint density at radius 1 is 1.42 bits per heavy atom. The highest BCUT2D eigenvalue weighted by molar-refractivity contribution is 5.86. The molecular weight excluding hydrogens is 264 g/mol. The van der Waals surface area contributed by atoms with E-state index < -0.39 is 23.8 Å². The molecule has 0 amide bonds. The van der Waals surface area contributed by atoms with Crippen molar-refractivity contribution in [2.75, 3.05) is 26.9 Å². The van der Waals surface area contributed by atoms with Crippen molar-refractivity contribution in [3.05, 3.63) is 11.4 Å². The molecule has 1 heterocycles. The van der Waals surface area contributed by atoms with Crippen LogP contribution in [0, 0.1) is 0 Å². The first-order valence-corrected chi connectivity index (χ1v) is 5.59. The maximum atomic E-state index is 12.7. The number of alkyl halides is 2. The van der Waals surface area contributed by atoms with Gasteiger partial charge in [0.1, 0.15) is 5.69 Å². The Morgan fingerprint density at radius 2 is 2.16 bits per heavy atom. The van der Waals surface area contributed by atoms with Crippen LogP contribution >= 0.6 is 0 Å². The van der Waals surface area contributed by atoms with Gasteiger partial charge < -0.3 is 14.6 Å². The predicted octanol–water partition coefficient (Wildman–Crippen LogP) is 0.967. The van der Waals surface area contributed by atoms with E-state index >= 15 is 0 Å². The van der Waals surface area contributed by atoms with Gasteiger partial charge in [0.25, 0.3) is 6.43 Å². The summed E-state index contributed by atoms with van der Waals surface area (Å²) in [6, 6.07) is 0. The standard InChI is InChI=1S/C10H15F2N3O4/c1-18-4-2-5-19-6-3-15-8(9(11)12)7(10(16)17)13-14-15/h9H,2-6H2,1H3,(H,16,17). The van der Waals surface area contributed by atoms with Gasteiger partial charge in [-0.05, 0) is 6.42 Å². The van der Waals surface area contributed by atoms with Crippen LogP contribution in [0.25, 0.3) is 0 Å². The lowest BCUT2D eigenvalue weighted by molar-refractivity contribution is 0.0672. The fourth-order valence-electron chi connectivity index (χ4n) is 1.41. The molecule has 1 aromatic heterocycles. The number of hydrogen-bond acceptors (Lipinski definition) is 5. The van der Waals surface area contributed by atoms with Crippen molar-refractivity contribution in [2.24, 2.45) is 0 Å². The minimum absolute atomic E-state index is 0.0208. The van der Waals surface area contributed by atoms with E-state index in [1.807, 2.05) is 0 Å². The quantitative estimate of drug-likeness (QED) is 0.678. The first-order valence-electron chi connectivity index (χ1n) is 5.59. The van der Waals surface area contributed by atoms with Crippen LogP contribution in [-0.4, -0.2) is 53.0 Å². The number of methoxy groups -OCH3 is 1. The molecule has 108 valence electrons. The van der Waals surface area contributed by atoms with Crippen molar-refractivity contribution in [2.45, 2.75) is 19.4 Å². The molecule has 19 heavy (non-hydrogen) atoms. The topological polar surface area (TPSA) is 86.5 Å². The minimum Gasteiger partial charge on any atom is -0.476 e. The van der Waals surface area contributed by atoms with Gasteiger partial charge in [-0.25, -0.2) is 18.3 Å². The van der Waals surface area contributed by atoms with Crippen LogP contribution in [0.5, 0.6) is 0 Å². The Balaban J connectivity index is 2.52. The van der Waals surface area contributed by atoms with E-state index in [1.165, 1.54) is 0 Å². The third-order valence-corrected chi connectivity index (χ3v) is 2.27. The summed E-state index contributed by atoms with van der Waals surface area (Å²) in [6.07, 6.45) is -2.26. The van der Waals surface area contributed by atoms with Crippen molar-refractivity contribution in [3.63, 3.8) is 0 Å². The fourth-order valence-corrected chi connectivity index (χ4v) is 1.41. The largest absolute Gasteiger partial charge is 0.476 e. The molecule has 0 bridgehead atoms. The Morgan fingerprint density at radius 3 is 2.74 bits per heavy atom. The summed E-state index contributed by atoms with van der Waals surface area (Å²) in [6.45, 7) is 1.14. The number of carboxylic acids is 1. The van der Waals surface area contributed by atoms with Crippen LogP contribution in [0.1, 0.15) is 29.0 Å². The molecule has 1 N–H and O–H groups in total. The molecule has 0 fully saturated rings. The second kappa shape index (κ2) is 7.74. The highest BCUT2D eigenvalue weighted by Gasteiger charge is 2.25. The molecule has 0 aliphatic carbocycles. The lowest BCUT2D eigenvalue weighted by Gasteiger charge is -2.07. The van der Waals surface area contributed by atoms with Gasteiger partial charge in [-0.1, -0.05) is 5.21 Å². The van der Waals surface area contributed by atoms with Gasteiger partial charge in [-0.3, -0.25) is 0 Å². The van der Waals surface area contributed by atoms with E-state index in [-0.39, 0.29) is 13.2 Å². The summed E-state index contributed by atoms with van der Waals surface area (Å²) in [5.41, 5.74) is -1.43. The van der Waals surface area contributed by atoms with E-state index in [1.54, 1.807) is 7.11 Å². The van der Waals surface area contributed by atoms with E-state index in [9.17, 15) is 13.6 Å². The fraction of sp³-hybridized carbons (Fsp3) is 0.700. The molecule has 0 aromatic carbocycles. The zero-order chi connectivity index (χ0) is 14.3. The monoisotopic (exact) mass is 279 g/mol. The first-order chi connectivity index (χ1) is 9.07. The molecule has 0 aliphatic rings. The summed E-state index contributed by atoms with van der Waals surface area (Å²) >= 11 is 0. The molecule has 0 atom stereocenters. The number of ether oxygens (including phenoxy) is 2. The lowest BCUT2D eigenvalue weighted by atomic mass is 10.3. The number of hydrogen-bond donors (Lipinski definition) is 1. The molecule has 0 spiro atoms. The maximum absolute atomic E-state index is 12.7. The Kier molecular flexibility index (Phi) is 6.30. The molecule has 0 saturated carbocycles. The average Bonchev–Trinajstić information content (AvgIpc) is 2.77. The molecule has 0 unspecified atom stereocenters. The van der Waals surface area contributed by atoms with Crippen LogP contribution < -0.4 is 0 Å². The van der Waals surface area contributed by atoms with Crippen LogP contribution in [-0.2, 0) is 16.0 Å². The molecule has 0 radical (unpaired) electrons. The number of carbonyl (C=O) groups is 1. The summed E-state index contributed by atoms with van der Waals surface area (Å²) < 4.78 is 36.3. The number of nitrogens with zero attached hydrogens (tertiary/aromatic N) is 3. The zero-order valence-corrected chi connectivity index (χ0v) is 10.4. The Bertz CT molecular complexity index is 411. The van der Waals surface area contributed by atoms with Crippen molar-refractivity contribution < 1.29 is 28.2 Å². The van der Waals surface area contributed by atoms with Gasteiger partial charge in [0.05, 0.1) is 13.2 Å². The molecule has 1 rings (SSSR count). The van der Waals surface area contributed by atoms with Gasteiger partial charge >= 0.3 is 5.97 Å². The second-order valence-corrected chi connectivity index (χ2v) is 3.61. The van der Waals surface area contributed by atoms with Gasteiger partial charge in [0.2, 0.25) is 0 Å². The van der Waals surface area contributed by atoms with Crippen LogP contribution in [0.3, 0.4) is 0 Å². The molecule has 7 nitrogen and oxygen atoms in total. The summed E-state index contributed by atoms with van der Waals surface area (Å²) in [7, 11) is 1.57. The molecular formula is C10H15F2N3O4. The highest BCUT2D eigenvalue weighted by Crippen LogP contribution is 2.21. The highest BCUT2D eigenvalue weighted by atomic mass is 19.3. The lowest BCUT2D eigenvalue weighted by Crippen LogP contribution is -2.13. The third-order valence-electron chi connectivity index (χ3n) is 2.27. The number of halogens is 2. The Hall–Kier alpha value is -1.61. The number of rotatable bonds is 9. The van der Waals surface area contributed by atoms with Crippen LogP contribution in [0.2, 0.25) is 0 Å². The summed E-state index contributed by atoms with van der Waals surface area (Å²) in [4.78, 5) is 10.7. The first kappa shape index (κ1) is 15.4. The SMILES string of the molecule is COCCCOCCn1nnc(C(=O)O)c1C(F)F. The minimum atomic E-state index is -2.95. The average molecular weight is 279 g/mol. The van der Waals surface area contributed by atoms with Gasteiger partial charge in [-0.15, -0.1) is 5.10 Å². The van der Waals surface area contributed by atoms with Crippen molar-refractivity contribution in [1.82, 2.24) is 15.0 Å². The van der Waals surface area contributed by atoms with Gasteiger partial charge in [-0.2, -0.15) is 0 Å². The molecule has 0 saturated heterocycles. The number of carboxylic acid groups (broad SMARTS) is 1. The van der Waals surface area contributed by atoms with Crippen molar-refractivity contribution >= 4 is 5.97 Å². The normalized spacial score (nSPS) is 11.2. The van der Waals surface area contributed by atoms with Gasteiger partial charge in [0.15, 0.2) is 5.69 Å². The van der Waals surface area contributed by atoms with E-state index in [2.05, 4.69) is 10.3 Å². The number of aromatic nitrogens is 3. The molecule has 9 heteroatoms.